The predicted octanol–water partition coefficient (Wildman–Crippen LogP) is 4.90. The number of rotatable bonds is 9. The van der Waals surface area contributed by atoms with Crippen LogP contribution in [0.15, 0.2) is 24.3 Å². The molecule has 0 aromatic heterocycles. The Morgan fingerprint density at radius 1 is 1.00 bits per heavy atom. The number of aryl methyl sites for hydroxylation is 1. The first-order chi connectivity index (χ1) is 9.77. The van der Waals surface area contributed by atoms with Crippen LogP contribution in [-0.4, -0.2) is 11.7 Å². The zero-order valence-electron chi connectivity index (χ0n) is 12.9. The summed E-state index contributed by atoms with van der Waals surface area (Å²) in [5.74, 6) is 0. The number of nitrogens with one attached hydrogen (secondary N) is 2. The number of hydrogen-bond donors (Lipinski definition) is 2. The molecule has 1 aromatic rings. The summed E-state index contributed by atoms with van der Waals surface area (Å²) in [5.41, 5.74) is 2.42. The molecule has 0 spiro atoms. The van der Waals surface area contributed by atoms with E-state index in [9.17, 15) is 0 Å². The van der Waals surface area contributed by atoms with Crippen LogP contribution < -0.4 is 10.6 Å². The van der Waals surface area contributed by atoms with Gasteiger partial charge in [0.1, 0.15) is 0 Å². The maximum Gasteiger partial charge on any atom is 0.170 e. The third-order valence-corrected chi connectivity index (χ3v) is 3.71. The Labute approximate surface area is 129 Å². The van der Waals surface area contributed by atoms with Crippen LogP contribution in [0.4, 0.5) is 5.69 Å². The van der Waals surface area contributed by atoms with Crippen molar-refractivity contribution in [1.82, 2.24) is 5.32 Å². The van der Waals surface area contributed by atoms with Crippen molar-refractivity contribution in [2.24, 2.45) is 0 Å². The standard InChI is InChI=1S/C17H28N2S/c1-3-5-6-7-8-11-14-18-17(20)19-16-13-10-9-12-15(16)4-2/h9-10,12-13H,3-8,11,14H2,1-2H3,(H2,18,19,20). The summed E-state index contributed by atoms with van der Waals surface area (Å²) in [6, 6.07) is 8.32. The van der Waals surface area contributed by atoms with Gasteiger partial charge in [-0.2, -0.15) is 0 Å². The molecule has 0 amide bonds. The van der Waals surface area contributed by atoms with E-state index in [1.54, 1.807) is 0 Å². The van der Waals surface area contributed by atoms with Crippen LogP contribution in [0.25, 0.3) is 0 Å². The van der Waals surface area contributed by atoms with Crippen molar-refractivity contribution in [3.8, 4) is 0 Å². The first kappa shape index (κ1) is 17.0. The van der Waals surface area contributed by atoms with Gasteiger partial charge in [0.15, 0.2) is 5.11 Å². The largest absolute Gasteiger partial charge is 0.362 e. The maximum atomic E-state index is 5.34. The van der Waals surface area contributed by atoms with Crippen molar-refractivity contribution in [2.75, 3.05) is 11.9 Å². The molecule has 20 heavy (non-hydrogen) atoms. The first-order valence-electron chi connectivity index (χ1n) is 7.90. The van der Waals surface area contributed by atoms with Crippen LogP contribution in [0.3, 0.4) is 0 Å². The van der Waals surface area contributed by atoms with E-state index < -0.39 is 0 Å². The van der Waals surface area contributed by atoms with Gasteiger partial charge in [-0.15, -0.1) is 0 Å². The van der Waals surface area contributed by atoms with E-state index in [1.165, 1.54) is 44.1 Å². The summed E-state index contributed by atoms with van der Waals surface area (Å²) < 4.78 is 0. The minimum Gasteiger partial charge on any atom is -0.362 e. The molecule has 0 saturated carbocycles. The molecule has 112 valence electrons. The quantitative estimate of drug-likeness (QED) is 0.500. The summed E-state index contributed by atoms with van der Waals surface area (Å²) in [6.07, 6.45) is 8.88. The number of benzene rings is 1. The Kier molecular flexibility index (Phi) is 9.05. The molecule has 0 saturated heterocycles. The molecule has 1 aromatic carbocycles. The van der Waals surface area contributed by atoms with Gasteiger partial charge < -0.3 is 10.6 Å². The number of unbranched alkanes of at least 4 members (excludes halogenated alkanes) is 5. The van der Waals surface area contributed by atoms with Crippen molar-refractivity contribution in [1.29, 1.82) is 0 Å². The zero-order chi connectivity index (χ0) is 14.6. The van der Waals surface area contributed by atoms with Crippen LogP contribution in [0.2, 0.25) is 0 Å². The minimum absolute atomic E-state index is 0.736. The van der Waals surface area contributed by atoms with Gasteiger partial charge in [-0.1, -0.05) is 64.2 Å². The van der Waals surface area contributed by atoms with Crippen molar-refractivity contribution in [3.63, 3.8) is 0 Å². The second-order valence-corrected chi connectivity index (χ2v) is 5.57. The number of anilines is 1. The SMILES string of the molecule is CCCCCCCCNC(=S)Nc1ccccc1CC. The van der Waals surface area contributed by atoms with Gasteiger partial charge in [0, 0.05) is 12.2 Å². The maximum absolute atomic E-state index is 5.34. The molecule has 2 nitrogen and oxygen atoms in total. The molecule has 2 N–H and O–H groups in total. The summed E-state index contributed by atoms with van der Waals surface area (Å²) in [7, 11) is 0. The summed E-state index contributed by atoms with van der Waals surface area (Å²) in [6.45, 7) is 5.37. The van der Waals surface area contributed by atoms with Crippen LogP contribution >= 0.6 is 12.2 Å². The van der Waals surface area contributed by atoms with E-state index in [2.05, 4.69) is 42.7 Å². The highest BCUT2D eigenvalue weighted by Crippen LogP contribution is 2.15. The smallest absolute Gasteiger partial charge is 0.170 e. The zero-order valence-corrected chi connectivity index (χ0v) is 13.7. The van der Waals surface area contributed by atoms with Crippen molar-refractivity contribution >= 4 is 23.0 Å². The molecular weight excluding hydrogens is 264 g/mol. The topological polar surface area (TPSA) is 24.1 Å². The second-order valence-electron chi connectivity index (χ2n) is 5.16. The molecule has 0 aliphatic heterocycles. The van der Waals surface area contributed by atoms with E-state index in [4.69, 9.17) is 12.2 Å². The Morgan fingerprint density at radius 3 is 2.45 bits per heavy atom. The number of hydrogen-bond acceptors (Lipinski definition) is 1. The molecule has 0 atom stereocenters. The molecule has 0 aliphatic carbocycles. The Morgan fingerprint density at radius 2 is 1.70 bits per heavy atom. The lowest BCUT2D eigenvalue weighted by Crippen LogP contribution is -2.29. The van der Waals surface area contributed by atoms with Gasteiger partial charge in [-0.3, -0.25) is 0 Å². The Hall–Kier alpha value is -1.09. The summed E-state index contributed by atoms with van der Waals surface area (Å²) in [4.78, 5) is 0. The van der Waals surface area contributed by atoms with E-state index in [-0.39, 0.29) is 0 Å². The first-order valence-corrected chi connectivity index (χ1v) is 8.31. The van der Waals surface area contributed by atoms with Crippen LogP contribution in [0, 0.1) is 0 Å². The molecule has 0 bridgehead atoms. The lowest BCUT2D eigenvalue weighted by Gasteiger charge is -2.13. The molecule has 0 fully saturated rings. The highest BCUT2D eigenvalue weighted by atomic mass is 32.1. The van der Waals surface area contributed by atoms with Crippen LogP contribution in [-0.2, 0) is 6.42 Å². The fourth-order valence-electron chi connectivity index (χ4n) is 2.22. The summed E-state index contributed by atoms with van der Waals surface area (Å²) >= 11 is 5.34. The number of para-hydroxylation sites is 1. The van der Waals surface area contributed by atoms with E-state index in [0.29, 0.717) is 0 Å². The average Bonchev–Trinajstić information content (AvgIpc) is 2.47. The highest BCUT2D eigenvalue weighted by Gasteiger charge is 2.01. The van der Waals surface area contributed by atoms with Gasteiger partial charge in [0.25, 0.3) is 0 Å². The Balaban J connectivity index is 2.17. The fourth-order valence-corrected chi connectivity index (χ4v) is 2.44. The van der Waals surface area contributed by atoms with Gasteiger partial charge >= 0.3 is 0 Å². The lowest BCUT2D eigenvalue weighted by molar-refractivity contribution is 0.603. The molecule has 0 aliphatic rings. The highest BCUT2D eigenvalue weighted by molar-refractivity contribution is 7.80. The molecule has 0 unspecified atom stereocenters. The van der Waals surface area contributed by atoms with E-state index >= 15 is 0 Å². The Bertz CT molecular complexity index is 390. The van der Waals surface area contributed by atoms with Crippen LogP contribution in [0.5, 0.6) is 0 Å². The summed E-state index contributed by atoms with van der Waals surface area (Å²) in [5, 5.41) is 7.32. The molecular formula is C17H28N2S. The van der Waals surface area contributed by atoms with Crippen molar-refractivity contribution in [2.45, 2.75) is 58.8 Å². The van der Waals surface area contributed by atoms with Crippen molar-refractivity contribution in [3.05, 3.63) is 29.8 Å². The third-order valence-electron chi connectivity index (χ3n) is 3.46. The van der Waals surface area contributed by atoms with Gasteiger partial charge in [0.2, 0.25) is 0 Å². The lowest BCUT2D eigenvalue weighted by atomic mass is 10.1. The monoisotopic (exact) mass is 292 g/mol. The molecule has 0 radical (unpaired) electrons. The molecule has 3 heteroatoms. The van der Waals surface area contributed by atoms with Gasteiger partial charge in [-0.25, -0.2) is 0 Å². The van der Waals surface area contributed by atoms with Gasteiger partial charge in [0.05, 0.1) is 0 Å². The predicted molar refractivity (Wildman–Crippen MR) is 93.4 cm³/mol. The normalized spacial score (nSPS) is 10.3. The molecule has 1 rings (SSSR count). The fraction of sp³-hybridized carbons (Fsp3) is 0.588. The second kappa shape index (κ2) is 10.7. The number of thiocarbonyl (C=S) groups is 1. The van der Waals surface area contributed by atoms with Gasteiger partial charge in [-0.05, 0) is 36.7 Å². The van der Waals surface area contributed by atoms with Crippen LogP contribution in [0.1, 0.15) is 57.9 Å². The average molecular weight is 292 g/mol. The van der Waals surface area contributed by atoms with E-state index in [0.717, 1.165) is 23.8 Å². The van der Waals surface area contributed by atoms with E-state index in [1.807, 2.05) is 6.07 Å². The third kappa shape index (κ3) is 6.90. The molecule has 0 heterocycles. The van der Waals surface area contributed by atoms with Crippen molar-refractivity contribution < 1.29 is 0 Å². The minimum atomic E-state index is 0.736.